The number of carbonyl (C=O) groups excluding carboxylic acids is 1. The Morgan fingerprint density at radius 3 is 3.00 bits per heavy atom. The molecule has 0 saturated heterocycles. The fraction of sp³-hybridized carbons (Fsp3) is 0.533. The topological polar surface area (TPSA) is 50.4 Å². The predicted octanol–water partition coefficient (Wildman–Crippen LogP) is 2.70. The summed E-state index contributed by atoms with van der Waals surface area (Å²) in [4.78, 5) is 12.1. The van der Waals surface area contributed by atoms with Gasteiger partial charge >= 0.3 is 6.03 Å². The van der Waals surface area contributed by atoms with Crippen molar-refractivity contribution in [3.63, 3.8) is 0 Å². The molecule has 4 nitrogen and oxygen atoms in total. The van der Waals surface area contributed by atoms with E-state index in [2.05, 4.69) is 16.9 Å². The fourth-order valence-corrected chi connectivity index (χ4v) is 3.96. The summed E-state index contributed by atoms with van der Waals surface area (Å²) in [5, 5.41) is 6.68. The van der Waals surface area contributed by atoms with Crippen LogP contribution in [0.25, 0.3) is 0 Å². The van der Waals surface area contributed by atoms with Crippen molar-refractivity contribution in [1.82, 2.24) is 10.6 Å². The molecule has 0 bridgehead atoms. The van der Waals surface area contributed by atoms with Crippen LogP contribution in [0, 0.1) is 0 Å². The van der Waals surface area contributed by atoms with Crippen LogP contribution in [0.1, 0.15) is 30.9 Å². The minimum Gasteiger partial charge on any atom is -0.491 e. The van der Waals surface area contributed by atoms with Gasteiger partial charge in [0.05, 0.1) is 6.04 Å². The van der Waals surface area contributed by atoms with Crippen molar-refractivity contribution in [2.45, 2.75) is 36.6 Å². The van der Waals surface area contributed by atoms with E-state index in [-0.39, 0.29) is 12.1 Å². The van der Waals surface area contributed by atoms with E-state index in [0.29, 0.717) is 17.9 Å². The molecule has 3 atom stereocenters. The highest BCUT2D eigenvalue weighted by molar-refractivity contribution is 7.99. The first-order valence-electron chi connectivity index (χ1n) is 7.09. The van der Waals surface area contributed by atoms with Crippen LogP contribution in [0.4, 0.5) is 4.79 Å². The third-order valence-corrected chi connectivity index (χ3v) is 5.25. The Bertz CT molecular complexity index is 495. The Labute approximate surface area is 123 Å². The van der Waals surface area contributed by atoms with Crippen LogP contribution in [-0.2, 0) is 0 Å². The van der Waals surface area contributed by atoms with Gasteiger partial charge in [-0.15, -0.1) is 0 Å². The molecular weight excluding hydrogens is 272 g/mol. The van der Waals surface area contributed by atoms with Gasteiger partial charge in [-0.2, -0.15) is 11.8 Å². The van der Waals surface area contributed by atoms with Gasteiger partial charge in [0.15, 0.2) is 0 Å². The van der Waals surface area contributed by atoms with E-state index >= 15 is 0 Å². The van der Waals surface area contributed by atoms with Gasteiger partial charge in [-0.1, -0.05) is 24.6 Å². The molecule has 20 heavy (non-hydrogen) atoms. The van der Waals surface area contributed by atoms with Gasteiger partial charge in [0.25, 0.3) is 0 Å². The number of urea groups is 1. The minimum absolute atomic E-state index is 0.0414. The van der Waals surface area contributed by atoms with Gasteiger partial charge in [0.1, 0.15) is 12.4 Å². The van der Waals surface area contributed by atoms with E-state index in [1.165, 1.54) is 12.8 Å². The molecule has 2 N–H and O–H groups in total. The number of para-hydroxylation sites is 1. The minimum atomic E-state index is -0.0822. The van der Waals surface area contributed by atoms with Crippen molar-refractivity contribution in [1.29, 1.82) is 0 Å². The number of carbonyl (C=O) groups is 1. The Morgan fingerprint density at radius 1 is 1.30 bits per heavy atom. The Morgan fingerprint density at radius 2 is 2.15 bits per heavy atom. The Hall–Kier alpha value is -1.36. The number of benzene rings is 1. The van der Waals surface area contributed by atoms with E-state index in [1.807, 2.05) is 36.0 Å². The number of ether oxygens (including phenoxy) is 1. The summed E-state index contributed by atoms with van der Waals surface area (Å²) in [5.41, 5.74) is 1.07. The van der Waals surface area contributed by atoms with Crippen molar-refractivity contribution in [2.24, 2.45) is 0 Å². The predicted molar refractivity (Wildman–Crippen MR) is 81.3 cm³/mol. The molecule has 0 radical (unpaired) electrons. The number of hydrogen-bond acceptors (Lipinski definition) is 3. The molecule has 0 aromatic heterocycles. The van der Waals surface area contributed by atoms with E-state index in [0.717, 1.165) is 17.7 Å². The molecule has 1 aromatic rings. The number of thioether (sulfide) groups is 1. The maximum absolute atomic E-state index is 12.1. The Kier molecular flexibility index (Phi) is 4.05. The van der Waals surface area contributed by atoms with Gasteiger partial charge in [-0.3, -0.25) is 0 Å². The maximum atomic E-state index is 12.1. The number of rotatable bonds is 3. The third-order valence-electron chi connectivity index (χ3n) is 4.08. The fourth-order valence-electron chi connectivity index (χ4n) is 3.02. The first-order chi connectivity index (χ1) is 9.78. The van der Waals surface area contributed by atoms with Crippen LogP contribution in [0.2, 0.25) is 0 Å². The molecule has 1 aliphatic heterocycles. The highest BCUT2D eigenvalue weighted by Crippen LogP contribution is 2.32. The molecule has 1 saturated carbocycles. The molecule has 2 amide bonds. The van der Waals surface area contributed by atoms with Crippen LogP contribution in [-0.4, -0.2) is 30.2 Å². The quantitative estimate of drug-likeness (QED) is 0.900. The lowest BCUT2D eigenvalue weighted by Crippen LogP contribution is -2.45. The molecule has 2 aliphatic rings. The average Bonchev–Trinajstić information content (AvgIpc) is 3.06. The largest absolute Gasteiger partial charge is 0.491 e. The molecule has 1 heterocycles. The highest BCUT2D eigenvalue weighted by Gasteiger charge is 2.30. The van der Waals surface area contributed by atoms with Gasteiger partial charge in [-0.05, 0) is 25.2 Å². The van der Waals surface area contributed by atoms with E-state index < -0.39 is 0 Å². The van der Waals surface area contributed by atoms with Crippen molar-refractivity contribution in [3.05, 3.63) is 29.8 Å². The van der Waals surface area contributed by atoms with Gasteiger partial charge in [-0.25, -0.2) is 4.79 Å². The summed E-state index contributed by atoms with van der Waals surface area (Å²) < 4.78 is 5.58. The molecule has 1 aromatic carbocycles. The number of nitrogens with one attached hydrogen (secondary N) is 2. The van der Waals surface area contributed by atoms with Crippen LogP contribution in [0.5, 0.6) is 5.75 Å². The van der Waals surface area contributed by atoms with Gasteiger partial charge in [0.2, 0.25) is 0 Å². The smallest absolute Gasteiger partial charge is 0.315 e. The molecule has 1 aliphatic carbocycles. The molecule has 108 valence electrons. The summed E-state index contributed by atoms with van der Waals surface area (Å²) in [5.74, 6) is 0.876. The van der Waals surface area contributed by atoms with Crippen molar-refractivity contribution < 1.29 is 9.53 Å². The number of fused-ring (bicyclic) bond motifs is 1. The number of hydrogen-bond donors (Lipinski definition) is 2. The van der Waals surface area contributed by atoms with Crippen molar-refractivity contribution >= 4 is 17.8 Å². The summed E-state index contributed by atoms with van der Waals surface area (Å²) in [7, 11) is 0. The zero-order valence-corrected chi connectivity index (χ0v) is 12.4. The average molecular weight is 292 g/mol. The second kappa shape index (κ2) is 5.95. The first-order valence-corrected chi connectivity index (χ1v) is 8.38. The second-order valence-electron chi connectivity index (χ2n) is 5.33. The lowest BCUT2D eigenvalue weighted by Gasteiger charge is -2.21. The van der Waals surface area contributed by atoms with Crippen LogP contribution < -0.4 is 15.4 Å². The van der Waals surface area contributed by atoms with E-state index in [1.54, 1.807) is 0 Å². The van der Waals surface area contributed by atoms with E-state index in [4.69, 9.17) is 4.74 Å². The number of amides is 2. The molecule has 5 heteroatoms. The lowest BCUT2D eigenvalue weighted by atomic mass is 10.1. The molecule has 0 spiro atoms. The maximum Gasteiger partial charge on any atom is 0.315 e. The van der Waals surface area contributed by atoms with Gasteiger partial charge in [0, 0.05) is 16.9 Å². The summed E-state index contributed by atoms with van der Waals surface area (Å²) in [6.07, 6.45) is 5.59. The van der Waals surface area contributed by atoms with E-state index in [9.17, 15) is 4.79 Å². The van der Waals surface area contributed by atoms with Crippen molar-refractivity contribution in [2.75, 3.05) is 12.9 Å². The standard InChI is InChI=1S/C15H20N2O2S/c1-20-14-8-4-6-11(14)16-15(18)17-12-9-19-13-7-3-2-5-10(12)13/h2-3,5,7,11-12,14H,4,6,8-9H2,1H3,(H2,16,17,18). The summed E-state index contributed by atoms with van der Waals surface area (Å²) in [6.45, 7) is 0.517. The zero-order chi connectivity index (χ0) is 13.9. The SMILES string of the molecule is CSC1CCCC1NC(=O)NC1COc2ccccc21. The third kappa shape index (κ3) is 2.73. The zero-order valence-electron chi connectivity index (χ0n) is 11.6. The van der Waals surface area contributed by atoms with Crippen LogP contribution in [0.15, 0.2) is 24.3 Å². The van der Waals surface area contributed by atoms with Crippen molar-refractivity contribution in [3.8, 4) is 5.75 Å². The molecular formula is C15H20N2O2S. The van der Waals surface area contributed by atoms with Crippen LogP contribution >= 0.6 is 11.8 Å². The second-order valence-corrected chi connectivity index (χ2v) is 6.41. The van der Waals surface area contributed by atoms with Gasteiger partial charge < -0.3 is 15.4 Å². The normalized spacial score (nSPS) is 27.8. The highest BCUT2D eigenvalue weighted by atomic mass is 32.2. The summed E-state index contributed by atoms with van der Waals surface area (Å²) in [6, 6.07) is 8.04. The first kappa shape index (κ1) is 13.6. The Balaban J connectivity index is 1.58. The van der Waals surface area contributed by atoms with Crippen LogP contribution in [0.3, 0.4) is 0 Å². The molecule has 1 fully saturated rings. The summed E-state index contributed by atoms with van der Waals surface area (Å²) >= 11 is 1.85. The monoisotopic (exact) mass is 292 g/mol. The lowest BCUT2D eigenvalue weighted by molar-refractivity contribution is 0.228. The molecule has 3 rings (SSSR count). The molecule has 3 unspecified atom stereocenters.